The van der Waals surface area contributed by atoms with Crippen molar-refractivity contribution >= 4 is 17.5 Å². The van der Waals surface area contributed by atoms with E-state index in [1.807, 2.05) is 13.0 Å². The first kappa shape index (κ1) is 18.6. The molecule has 3 N–H and O–H groups in total. The Labute approximate surface area is 145 Å². The SMILES string of the molecule is CCc1cccc(NC(=O)C(=O)NCC(C)(O)c2ccc(F)cc2)c1. The number of hydrogen-bond donors (Lipinski definition) is 3. The maximum absolute atomic E-state index is 13.0. The molecule has 132 valence electrons. The van der Waals surface area contributed by atoms with E-state index in [1.54, 1.807) is 18.2 Å². The fourth-order valence-corrected chi connectivity index (χ4v) is 2.30. The van der Waals surface area contributed by atoms with Crippen molar-refractivity contribution in [2.75, 3.05) is 11.9 Å². The molecular formula is C19H21FN2O3. The predicted octanol–water partition coefficient (Wildman–Crippen LogP) is 2.35. The van der Waals surface area contributed by atoms with Crippen LogP contribution < -0.4 is 10.6 Å². The van der Waals surface area contributed by atoms with Crippen LogP contribution in [-0.2, 0) is 21.6 Å². The number of amides is 2. The van der Waals surface area contributed by atoms with Gasteiger partial charge in [0, 0.05) is 5.69 Å². The second-order valence-electron chi connectivity index (χ2n) is 5.97. The van der Waals surface area contributed by atoms with Crippen molar-refractivity contribution in [1.29, 1.82) is 0 Å². The van der Waals surface area contributed by atoms with Crippen LogP contribution in [0.25, 0.3) is 0 Å². The Kier molecular flexibility index (Phi) is 5.88. The van der Waals surface area contributed by atoms with E-state index < -0.39 is 23.2 Å². The second kappa shape index (κ2) is 7.90. The topological polar surface area (TPSA) is 78.4 Å². The molecule has 0 heterocycles. The van der Waals surface area contributed by atoms with E-state index in [1.165, 1.54) is 31.2 Å². The summed E-state index contributed by atoms with van der Waals surface area (Å²) >= 11 is 0. The van der Waals surface area contributed by atoms with Crippen LogP contribution in [0.2, 0.25) is 0 Å². The summed E-state index contributed by atoms with van der Waals surface area (Å²) in [6.45, 7) is 3.29. The van der Waals surface area contributed by atoms with Crippen LogP contribution in [0.4, 0.5) is 10.1 Å². The normalized spacial score (nSPS) is 13.0. The predicted molar refractivity (Wildman–Crippen MR) is 93.4 cm³/mol. The molecule has 0 bridgehead atoms. The molecule has 0 fully saturated rings. The van der Waals surface area contributed by atoms with Crippen LogP contribution >= 0.6 is 0 Å². The van der Waals surface area contributed by atoms with Gasteiger partial charge in [0.05, 0.1) is 6.54 Å². The van der Waals surface area contributed by atoms with E-state index in [0.717, 1.165) is 12.0 Å². The molecule has 25 heavy (non-hydrogen) atoms. The van der Waals surface area contributed by atoms with Gasteiger partial charge in [-0.3, -0.25) is 9.59 Å². The molecule has 1 unspecified atom stereocenters. The first-order valence-electron chi connectivity index (χ1n) is 7.98. The number of hydrogen-bond acceptors (Lipinski definition) is 3. The average molecular weight is 344 g/mol. The van der Waals surface area contributed by atoms with Crippen molar-refractivity contribution < 1.29 is 19.1 Å². The zero-order valence-electron chi connectivity index (χ0n) is 14.2. The van der Waals surface area contributed by atoms with E-state index in [9.17, 15) is 19.1 Å². The highest BCUT2D eigenvalue weighted by molar-refractivity contribution is 6.39. The van der Waals surface area contributed by atoms with E-state index in [4.69, 9.17) is 0 Å². The molecule has 0 aromatic heterocycles. The van der Waals surface area contributed by atoms with Crippen molar-refractivity contribution in [2.24, 2.45) is 0 Å². The molecule has 0 aliphatic heterocycles. The zero-order chi connectivity index (χ0) is 18.4. The number of halogens is 1. The number of nitrogens with one attached hydrogen (secondary N) is 2. The Balaban J connectivity index is 1.94. The highest BCUT2D eigenvalue weighted by Gasteiger charge is 2.25. The molecular weight excluding hydrogens is 323 g/mol. The smallest absolute Gasteiger partial charge is 0.313 e. The van der Waals surface area contributed by atoms with Gasteiger partial charge in [0.25, 0.3) is 0 Å². The molecule has 0 aliphatic rings. The van der Waals surface area contributed by atoms with Crippen molar-refractivity contribution in [3.05, 3.63) is 65.5 Å². The molecule has 0 radical (unpaired) electrons. The lowest BCUT2D eigenvalue weighted by Crippen LogP contribution is -2.43. The summed E-state index contributed by atoms with van der Waals surface area (Å²) in [7, 11) is 0. The number of carbonyl (C=O) groups excluding carboxylic acids is 2. The lowest BCUT2D eigenvalue weighted by molar-refractivity contribution is -0.136. The van der Waals surface area contributed by atoms with Gasteiger partial charge in [0.15, 0.2) is 0 Å². The van der Waals surface area contributed by atoms with Gasteiger partial charge >= 0.3 is 11.8 Å². The maximum atomic E-state index is 13.0. The molecule has 0 saturated carbocycles. The molecule has 2 amide bonds. The summed E-state index contributed by atoms with van der Waals surface area (Å²) in [4.78, 5) is 23.9. The van der Waals surface area contributed by atoms with Gasteiger partial charge < -0.3 is 15.7 Å². The zero-order valence-corrected chi connectivity index (χ0v) is 14.2. The second-order valence-corrected chi connectivity index (χ2v) is 5.97. The maximum Gasteiger partial charge on any atom is 0.313 e. The number of aliphatic hydroxyl groups is 1. The third kappa shape index (κ3) is 5.12. The van der Waals surface area contributed by atoms with Crippen molar-refractivity contribution in [3.63, 3.8) is 0 Å². The van der Waals surface area contributed by atoms with Gasteiger partial charge in [-0.15, -0.1) is 0 Å². The third-order valence-corrected chi connectivity index (χ3v) is 3.86. The van der Waals surface area contributed by atoms with Gasteiger partial charge in [-0.2, -0.15) is 0 Å². The minimum Gasteiger partial charge on any atom is -0.384 e. The summed E-state index contributed by atoms with van der Waals surface area (Å²) in [6.07, 6.45) is 0.816. The van der Waals surface area contributed by atoms with Gasteiger partial charge in [0.2, 0.25) is 0 Å². The van der Waals surface area contributed by atoms with E-state index in [2.05, 4.69) is 10.6 Å². The molecule has 0 saturated heterocycles. The van der Waals surface area contributed by atoms with Crippen molar-refractivity contribution in [2.45, 2.75) is 25.9 Å². The Morgan fingerprint density at radius 3 is 2.44 bits per heavy atom. The summed E-state index contributed by atoms with van der Waals surface area (Å²) in [5.41, 5.74) is 0.582. The lowest BCUT2D eigenvalue weighted by Gasteiger charge is -2.24. The Bertz CT molecular complexity index is 758. The van der Waals surface area contributed by atoms with Crippen LogP contribution in [0, 0.1) is 5.82 Å². The van der Waals surface area contributed by atoms with E-state index in [-0.39, 0.29) is 6.54 Å². The van der Waals surface area contributed by atoms with Crippen LogP contribution in [0.15, 0.2) is 48.5 Å². The quantitative estimate of drug-likeness (QED) is 0.729. The van der Waals surface area contributed by atoms with E-state index >= 15 is 0 Å². The molecule has 6 heteroatoms. The fourth-order valence-electron chi connectivity index (χ4n) is 2.30. The Morgan fingerprint density at radius 1 is 1.12 bits per heavy atom. The summed E-state index contributed by atoms with van der Waals surface area (Å²) in [5.74, 6) is -2.09. The minimum atomic E-state index is -1.42. The van der Waals surface area contributed by atoms with Crippen LogP contribution in [0.5, 0.6) is 0 Å². The summed E-state index contributed by atoms with van der Waals surface area (Å²) in [5, 5.41) is 15.3. The molecule has 2 aromatic carbocycles. The number of benzene rings is 2. The fraction of sp³-hybridized carbons (Fsp3) is 0.263. The number of aryl methyl sites for hydroxylation is 1. The number of rotatable bonds is 5. The Hall–Kier alpha value is -2.73. The monoisotopic (exact) mass is 344 g/mol. The third-order valence-electron chi connectivity index (χ3n) is 3.86. The van der Waals surface area contributed by atoms with Crippen LogP contribution in [-0.4, -0.2) is 23.5 Å². The van der Waals surface area contributed by atoms with Gasteiger partial charge in [-0.25, -0.2) is 4.39 Å². The highest BCUT2D eigenvalue weighted by Crippen LogP contribution is 2.19. The minimum absolute atomic E-state index is 0.181. The first-order chi connectivity index (χ1) is 11.8. The van der Waals surface area contributed by atoms with Crippen LogP contribution in [0.1, 0.15) is 25.0 Å². The largest absolute Gasteiger partial charge is 0.384 e. The van der Waals surface area contributed by atoms with Gasteiger partial charge in [-0.1, -0.05) is 31.2 Å². The number of carbonyl (C=O) groups is 2. The molecule has 0 spiro atoms. The van der Waals surface area contributed by atoms with Gasteiger partial charge in [0.1, 0.15) is 11.4 Å². The lowest BCUT2D eigenvalue weighted by atomic mass is 9.96. The summed E-state index contributed by atoms with van der Waals surface area (Å²) < 4.78 is 13.0. The first-order valence-corrected chi connectivity index (χ1v) is 7.98. The summed E-state index contributed by atoms with van der Waals surface area (Å²) in [6, 6.07) is 12.5. The van der Waals surface area contributed by atoms with Crippen LogP contribution in [0.3, 0.4) is 0 Å². The molecule has 1 atom stereocenters. The van der Waals surface area contributed by atoms with Gasteiger partial charge in [-0.05, 0) is 48.7 Å². The Morgan fingerprint density at radius 2 is 1.80 bits per heavy atom. The van der Waals surface area contributed by atoms with E-state index in [0.29, 0.717) is 11.3 Å². The number of anilines is 1. The van der Waals surface area contributed by atoms with Crippen molar-refractivity contribution in [3.8, 4) is 0 Å². The average Bonchev–Trinajstić information content (AvgIpc) is 2.60. The van der Waals surface area contributed by atoms with Crippen molar-refractivity contribution in [1.82, 2.24) is 5.32 Å². The molecule has 0 aliphatic carbocycles. The molecule has 5 nitrogen and oxygen atoms in total. The standard InChI is InChI=1S/C19H21FN2O3/c1-3-13-5-4-6-16(11-13)22-18(24)17(23)21-12-19(2,25)14-7-9-15(20)10-8-14/h4-11,25H,3,12H2,1-2H3,(H,21,23)(H,22,24). The highest BCUT2D eigenvalue weighted by atomic mass is 19.1. The molecule has 2 aromatic rings. The molecule has 2 rings (SSSR count).